The van der Waals surface area contributed by atoms with Crippen LogP contribution < -0.4 is 4.74 Å². The zero-order valence-corrected chi connectivity index (χ0v) is 23.8. The Morgan fingerprint density at radius 1 is 0.769 bits per heavy atom. The Morgan fingerprint density at radius 3 is 2.03 bits per heavy atom. The van der Waals surface area contributed by atoms with Crippen LogP contribution in [0.2, 0.25) is 0 Å². The van der Waals surface area contributed by atoms with Gasteiger partial charge in [-0.15, -0.1) is 0 Å². The van der Waals surface area contributed by atoms with Gasteiger partial charge in [-0.2, -0.15) is 4.39 Å². The maximum atomic E-state index is 15.3. The van der Waals surface area contributed by atoms with Crippen LogP contribution in [-0.4, -0.2) is 6.61 Å². The van der Waals surface area contributed by atoms with Crippen molar-refractivity contribution in [3.05, 3.63) is 75.9 Å². The van der Waals surface area contributed by atoms with Gasteiger partial charge in [0.1, 0.15) is 0 Å². The molecular formula is C34H44F4O. The minimum Gasteiger partial charge on any atom is -0.491 e. The molecule has 0 radical (unpaired) electrons. The van der Waals surface area contributed by atoms with Crippen LogP contribution in [0.5, 0.6) is 5.75 Å². The number of rotatable bonds is 10. The highest BCUT2D eigenvalue weighted by atomic mass is 19.2. The summed E-state index contributed by atoms with van der Waals surface area (Å²) in [5, 5.41) is 0. The van der Waals surface area contributed by atoms with E-state index in [4.69, 9.17) is 4.74 Å². The number of hydrogen-bond donors (Lipinski definition) is 0. The van der Waals surface area contributed by atoms with E-state index in [9.17, 15) is 8.78 Å². The van der Waals surface area contributed by atoms with E-state index in [1.54, 1.807) is 19.9 Å². The standard InChI is InChI=1S/C34H44F4O/c1-4-6-23-7-9-24(10-8-23)11-12-25-13-15-26(16-14-25)29-21-22(3)28(32(36)33(29)37)19-17-27-18-20-30(39-5-2)34(38)31(27)35/h11-12,18,20-21,23-26H,4-10,13-17,19H2,1-3H3/b12-11+. The summed E-state index contributed by atoms with van der Waals surface area (Å²) in [6.45, 7) is 5.97. The van der Waals surface area contributed by atoms with E-state index in [0.29, 0.717) is 23.0 Å². The zero-order chi connectivity index (χ0) is 27.9. The second-order valence-electron chi connectivity index (χ2n) is 11.7. The predicted octanol–water partition coefficient (Wildman–Crippen LogP) is 10.2. The highest BCUT2D eigenvalue weighted by Gasteiger charge is 2.27. The number of halogens is 4. The SMILES string of the molecule is CCCC1CCC(/C=C/C2CCC(c3cc(C)c(CCc4ccc(OCC)c(F)c4F)c(F)c3F)CC2)CC1. The second kappa shape index (κ2) is 13.9. The Morgan fingerprint density at radius 2 is 1.41 bits per heavy atom. The first kappa shape index (κ1) is 29.7. The van der Waals surface area contributed by atoms with E-state index in [2.05, 4.69) is 19.1 Å². The molecule has 2 aromatic rings. The molecule has 0 aliphatic heterocycles. The predicted molar refractivity (Wildman–Crippen MR) is 150 cm³/mol. The van der Waals surface area contributed by atoms with Crippen molar-refractivity contribution in [2.45, 2.75) is 104 Å². The number of allylic oxidation sites excluding steroid dienone is 2. The fourth-order valence-electron chi connectivity index (χ4n) is 6.73. The minimum atomic E-state index is -1.04. The average molecular weight is 545 g/mol. The molecule has 0 unspecified atom stereocenters. The van der Waals surface area contributed by atoms with Gasteiger partial charge in [-0.1, -0.05) is 44.1 Å². The molecular weight excluding hydrogens is 500 g/mol. The summed E-state index contributed by atoms with van der Waals surface area (Å²) in [7, 11) is 0. The van der Waals surface area contributed by atoms with E-state index in [1.165, 1.54) is 50.7 Å². The third-order valence-corrected chi connectivity index (χ3v) is 9.09. The van der Waals surface area contributed by atoms with E-state index >= 15 is 8.78 Å². The van der Waals surface area contributed by atoms with Crippen molar-refractivity contribution in [1.29, 1.82) is 0 Å². The molecule has 0 saturated heterocycles. The number of ether oxygens (including phenoxy) is 1. The van der Waals surface area contributed by atoms with Crippen LogP contribution in [0.1, 0.15) is 106 Å². The molecule has 2 aliphatic carbocycles. The zero-order valence-electron chi connectivity index (χ0n) is 23.8. The summed E-state index contributed by atoms with van der Waals surface area (Å²) < 4.78 is 64.3. The van der Waals surface area contributed by atoms with Gasteiger partial charge in [0.15, 0.2) is 23.2 Å². The summed E-state index contributed by atoms with van der Waals surface area (Å²) in [5.74, 6) is -1.66. The van der Waals surface area contributed by atoms with Crippen LogP contribution >= 0.6 is 0 Å². The molecule has 2 saturated carbocycles. The minimum absolute atomic E-state index is 0.0130. The summed E-state index contributed by atoms with van der Waals surface area (Å²) in [6.07, 6.45) is 16.6. The van der Waals surface area contributed by atoms with Gasteiger partial charge in [-0.05, 0) is 130 Å². The monoisotopic (exact) mass is 544 g/mol. The summed E-state index contributed by atoms with van der Waals surface area (Å²) in [5.41, 5.74) is 1.48. The molecule has 5 heteroatoms. The van der Waals surface area contributed by atoms with Crippen LogP contribution in [-0.2, 0) is 12.8 Å². The van der Waals surface area contributed by atoms with E-state index in [0.717, 1.165) is 31.6 Å². The molecule has 39 heavy (non-hydrogen) atoms. The summed E-state index contributed by atoms with van der Waals surface area (Å²) in [4.78, 5) is 0. The van der Waals surface area contributed by atoms with Crippen molar-refractivity contribution >= 4 is 0 Å². The second-order valence-corrected chi connectivity index (χ2v) is 11.7. The molecule has 2 aliphatic rings. The van der Waals surface area contributed by atoms with Gasteiger partial charge in [0.25, 0.3) is 0 Å². The molecule has 214 valence electrons. The third-order valence-electron chi connectivity index (χ3n) is 9.09. The number of hydrogen-bond acceptors (Lipinski definition) is 1. The first-order chi connectivity index (χ1) is 18.8. The molecule has 0 bridgehead atoms. The Bertz CT molecular complexity index is 1120. The molecule has 2 fully saturated rings. The van der Waals surface area contributed by atoms with Gasteiger partial charge < -0.3 is 4.74 Å². The Labute approximate surface area is 232 Å². The molecule has 0 amide bonds. The molecule has 0 N–H and O–H groups in total. The quantitative estimate of drug-likeness (QED) is 0.214. The van der Waals surface area contributed by atoms with Gasteiger partial charge in [0.2, 0.25) is 5.82 Å². The van der Waals surface area contributed by atoms with Crippen molar-refractivity contribution in [3.8, 4) is 5.75 Å². The average Bonchev–Trinajstić information content (AvgIpc) is 2.94. The molecule has 0 atom stereocenters. The molecule has 1 nitrogen and oxygen atoms in total. The maximum Gasteiger partial charge on any atom is 0.200 e. The van der Waals surface area contributed by atoms with Crippen LogP contribution in [0.3, 0.4) is 0 Å². The number of benzene rings is 2. The molecule has 4 rings (SSSR count). The molecule has 0 heterocycles. The lowest BCUT2D eigenvalue weighted by atomic mass is 9.76. The van der Waals surface area contributed by atoms with Crippen LogP contribution in [0.25, 0.3) is 0 Å². The highest BCUT2D eigenvalue weighted by Crippen LogP contribution is 2.40. The fraction of sp³-hybridized carbons (Fsp3) is 0.588. The fourth-order valence-corrected chi connectivity index (χ4v) is 6.73. The first-order valence-corrected chi connectivity index (χ1v) is 15.1. The van der Waals surface area contributed by atoms with Crippen LogP contribution in [0.4, 0.5) is 17.6 Å². The number of aryl methyl sites for hydroxylation is 2. The van der Waals surface area contributed by atoms with Crippen LogP contribution in [0, 0.1) is 47.9 Å². The maximum absolute atomic E-state index is 15.3. The third kappa shape index (κ3) is 7.27. The van der Waals surface area contributed by atoms with E-state index in [-0.39, 0.29) is 42.2 Å². The smallest absolute Gasteiger partial charge is 0.200 e. The highest BCUT2D eigenvalue weighted by molar-refractivity contribution is 5.38. The summed E-state index contributed by atoms with van der Waals surface area (Å²) in [6, 6.07) is 4.61. The van der Waals surface area contributed by atoms with Gasteiger partial charge in [-0.25, -0.2) is 13.2 Å². The summed E-state index contributed by atoms with van der Waals surface area (Å²) >= 11 is 0. The Balaban J connectivity index is 1.34. The normalized spacial score (nSPS) is 23.9. The largest absolute Gasteiger partial charge is 0.491 e. The van der Waals surface area contributed by atoms with Gasteiger partial charge in [0.05, 0.1) is 6.61 Å². The van der Waals surface area contributed by atoms with E-state index < -0.39 is 23.3 Å². The van der Waals surface area contributed by atoms with Gasteiger partial charge in [0, 0.05) is 0 Å². The lowest BCUT2D eigenvalue weighted by Gasteiger charge is -2.29. The molecule has 0 spiro atoms. The van der Waals surface area contributed by atoms with Gasteiger partial charge >= 0.3 is 0 Å². The Hall–Kier alpha value is -2.30. The molecule has 2 aromatic carbocycles. The van der Waals surface area contributed by atoms with Crippen molar-refractivity contribution in [3.63, 3.8) is 0 Å². The van der Waals surface area contributed by atoms with Gasteiger partial charge in [-0.3, -0.25) is 0 Å². The van der Waals surface area contributed by atoms with Crippen molar-refractivity contribution in [2.75, 3.05) is 6.61 Å². The van der Waals surface area contributed by atoms with Crippen LogP contribution in [0.15, 0.2) is 30.4 Å². The van der Waals surface area contributed by atoms with Crippen molar-refractivity contribution < 1.29 is 22.3 Å². The lowest BCUT2D eigenvalue weighted by molar-refractivity contribution is 0.292. The van der Waals surface area contributed by atoms with E-state index in [1.807, 2.05) is 0 Å². The lowest BCUT2D eigenvalue weighted by Crippen LogP contribution is -2.16. The topological polar surface area (TPSA) is 9.23 Å². The van der Waals surface area contributed by atoms with Crippen molar-refractivity contribution in [2.24, 2.45) is 17.8 Å². The Kier molecular flexibility index (Phi) is 10.5. The molecule has 0 aromatic heterocycles. The van der Waals surface area contributed by atoms with Crippen molar-refractivity contribution in [1.82, 2.24) is 0 Å². The first-order valence-electron chi connectivity index (χ1n) is 15.1.